The first kappa shape index (κ1) is 27.7. The fourth-order valence-corrected chi connectivity index (χ4v) is 2.92. The van der Waals surface area contributed by atoms with Crippen LogP contribution in [0.25, 0.3) is 0 Å². The molecule has 0 saturated heterocycles. The number of nitrogens with two attached hydrogens (primary N) is 2. The van der Waals surface area contributed by atoms with Crippen LogP contribution in [-0.4, -0.2) is 69.7 Å². The summed E-state index contributed by atoms with van der Waals surface area (Å²) in [6, 6.07) is 1.48. The third kappa shape index (κ3) is 9.78. The molecule has 182 valence electrons. The van der Waals surface area contributed by atoms with Crippen LogP contribution in [0.3, 0.4) is 0 Å². The Labute approximate surface area is 195 Å². The Balaban J connectivity index is 2.74. The Morgan fingerprint density at radius 3 is 2.06 bits per heavy atom. The molecule has 0 saturated carbocycles. The Hall–Kier alpha value is -3.32. The van der Waals surface area contributed by atoms with Crippen molar-refractivity contribution in [2.24, 2.45) is 11.5 Å². The highest BCUT2D eigenvalue weighted by molar-refractivity contribution is 7.80. The maximum absolute atomic E-state index is 12.5. The molecule has 13 heteroatoms. The number of thiol groups is 1. The number of phenols is 1. The minimum atomic E-state index is -1.32. The first-order valence-electron chi connectivity index (χ1n) is 10.0. The van der Waals surface area contributed by atoms with Gasteiger partial charge >= 0.3 is 5.97 Å². The Morgan fingerprint density at radius 1 is 0.970 bits per heavy atom. The molecular formula is C20H29N5O7S. The van der Waals surface area contributed by atoms with E-state index in [9.17, 15) is 29.1 Å². The summed E-state index contributed by atoms with van der Waals surface area (Å²) in [6.45, 7) is 1.37. The van der Waals surface area contributed by atoms with Crippen molar-refractivity contribution in [2.75, 3.05) is 5.75 Å². The van der Waals surface area contributed by atoms with Crippen LogP contribution in [0.4, 0.5) is 0 Å². The number of rotatable bonds is 13. The molecule has 0 aliphatic carbocycles. The van der Waals surface area contributed by atoms with Gasteiger partial charge in [0.1, 0.15) is 23.9 Å². The molecule has 0 fully saturated rings. The number of carbonyl (C=O) groups is 5. The summed E-state index contributed by atoms with van der Waals surface area (Å²) >= 11 is 3.85. The highest BCUT2D eigenvalue weighted by atomic mass is 32.1. The number of hydrogen-bond donors (Lipinski definition) is 8. The minimum Gasteiger partial charge on any atom is -0.508 e. The summed E-state index contributed by atoms with van der Waals surface area (Å²) in [4.78, 5) is 59.5. The first-order valence-corrected chi connectivity index (χ1v) is 10.6. The molecule has 0 bridgehead atoms. The van der Waals surface area contributed by atoms with Crippen LogP contribution in [0.15, 0.2) is 24.3 Å². The van der Waals surface area contributed by atoms with E-state index in [0.29, 0.717) is 5.56 Å². The average molecular weight is 484 g/mol. The summed E-state index contributed by atoms with van der Waals surface area (Å²) in [5, 5.41) is 25.4. The standard InChI is InChI=1S/C20H29N5O7S/c1-10(23-18(29)13(21)8-11-2-4-12(26)5-3-11)17(28)24-14(6-7-16(22)27)19(30)25-15(9-33)20(31)32/h2-5,10,13-15,26,33H,6-9,21H2,1H3,(H2,22,27)(H,23,29)(H,24,28)(H,25,30)(H,31,32). The number of hydrogen-bond acceptors (Lipinski definition) is 8. The summed E-state index contributed by atoms with van der Waals surface area (Å²) < 4.78 is 0. The number of phenolic OH excluding ortho intramolecular Hbond substituents is 1. The maximum Gasteiger partial charge on any atom is 0.327 e. The normalized spacial score (nSPS) is 14.3. The van der Waals surface area contributed by atoms with Gasteiger partial charge in [-0.1, -0.05) is 12.1 Å². The molecule has 4 unspecified atom stereocenters. The van der Waals surface area contributed by atoms with Gasteiger partial charge in [0.05, 0.1) is 6.04 Å². The molecule has 0 aromatic heterocycles. The van der Waals surface area contributed by atoms with Crippen molar-refractivity contribution in [1.29, 1.82) is 0 Å². The van der Waals surface area contributed by atoms with Gasteiger partial charge in [0, 0.05) is 12.2 Å². The van der Waals surface area contributed by atoms with Crippen LogP contribution < -0.4 is 27.4 Å². The Bertz CT molecular complexity index is 865. The zero-order valence-corrected chi connectivity index (χ0v) is 18.9. The van der Waals surface area contributed by atoms with Gasteiger partial charge in [-0.25, -0.2) is 4.79 Å². The predicted octanol–water partition coefficient (Wildman–Crippen LogP) is -1.98. The maximum atomic E-state index is 12.5. The van der Waals surface area contributed by atoms with Crippen LogP contribution in [0, 0.1) is 0 Å². The summed E-state index contributed by atoms with van der Waals surface area (Å²) in [5.74, 6) is -4.36. The van der Waals surface area contributed by atoms with Crippen LogP contribution in [0.1, 0.15) is 25.3 Å². The number of carboxylic acid groups (broad SMARTS) is 1. The van der Waals surface area contributed by atoms with Gasteiger partial charge < -0.3 is 37.6 Å². The number of carbonyl (C=O) groups excluding carboxylic acids is 4. The van der Waals surface area contributed by atoms with E-state index in [1.807, 2.05) is 0 Å². The number of nitrogens with one attached hydrogen (secondary N) is 3. The van der Waals surface area contributed by atoms with Crippen molar-refractivity contribution in [3.8, 4) is 5.75 Å². The predicted molar refractivity (Wildman–Crippen MR) is 121 cm³/mol. The van der Waals surface area contributed by atoms with Crippen molar-refractivity contribution >= 4 is 42.2 Å². The summed E-state index contributed by atoms with van der Waals surface area (Å²) in [5.41, 5.74) is 11.7. The van der Waals surface area contributed by atoms with E-state index in [4.69, 9.17) is 16.6 Å². The fraction of sp³-hybridized carbons (Fsp3) is 0.450. The molecule has 1 aromatic carbocycles. The van der Waals surface area contributed by atoms with Crippen molar-refractivity contribution in [3.05, 3.63) is 29.8 Å². The SMILES string of the molecule is CC(NC(=O)C(N)Cc1ccc(O)cc1)C(=O)NC(CCC(N)=O)C(=O)NC(CS)C(=O)O. The van der Waals surface area contributed by atoms with Crippen molar-refractivity contribution < 1.29 is 34.2 Å². The van der Waals surface area contributed by atoms with Gasteiger partial charge in [0.15, 0.2) is 0 Å². The van der Waals surface area contributed by atoms with Crippen LogP contribution in [-0.2, 0) is 30.4 Å². The van der Waals surface area contributed by atoms with Crippen LogP contribution in [0.5, 0.6) is 5.75 Å². The number of amides is 4. The number of aliphatic carboxylic acids is 1. The second kappa shape index (κ2) is 13.3. The van der Waals surface area contributed by atoms with E-state index in [2.05, 4.69) is 28.6 Å². The zero-order chi connectivity index (χ0) is 25.1. The molecule has 0 aliphatic heterocycles. The number of primary amides is 1. The van der Waals surface area contributed by atoms with Gasteiger partial charge in [-0.15, -0.1) is 0 Å². The molecule has 12 nitrogen and oxygen atoms in total. The number of carboxylic acids is 1. The third-order valence-corrected chi connectivity index (χ3v) is 4.96. The quantitative estimate of drug-likeness (QED) is 0.147. The second-order valence-corrected chi connectivity index (χ2v) is 7.72. The van der Waals surface area contributed by atoms with E-state index in [1.54, 1.807) is 12.1 Å². The zero-order valence-electron chi connectivity index (χ0n) is 18.0. The van der Waals surface area contributed by atoms with Gasteiger partial charge in [-0.2, -0.15) is 12.6 Å². The molecule has 1 aromatic rings. The van der Waals surface area contributed by atoms with Crippen LogP contribution >= 0.6 is 12.6 Å². The average Bonchev–Trinajstić information content (AvgIpc) is 2.75. The largest absolute Gasteiger partial charge is 0.508 e. The summed E-state index contributed by atoms with van der Waals surface area (Å²) in [7, 11) is 0. The lowest BCUT2D eigenvalue weighted by molar-refractivity contribution is -0.141. The summed E-state index contributed by atoms with van der Waals surface area (Å²) in [6.07, 6.45) is -0.257. The fourth-order valence-electron chi connectivity index (χ4n) is 2.67. The van der Waals surface area contributed by atoms with Crippen molar-refractivity contribution in [3.63, 3.8) is 0 Å². The van der Waals surface area contributed by atoms with Crippen molar-refractivity contribution in [1.82, 2.24) is 16.0 Å². The monoisotopic (exact) mass is 483 g/mol. The number of aromatic hydroxyl groups is 1. The van der Waals surface area contributed by atoms with Gasteiger partial charge in [-0.3, -0.25) is 19.2 Å². The van der Waals surface area contributed by atoms with E-state index < -0.39 is 53.8 Å². The third-order valence-electron chi connectivity index (χ3n) is 4.59. The van der Waals surface area contributed by atoms with Gasteiger partial charge in [0.2, 0.25) is 23.6 Å². The van der Waals surface area contributed by atoms with Gasteiger partial charge in [0.25, 0.3) is 0 Å². The molecule has 4 atom stereocenters. The van der Waals surface area contributed by atoms with E-state index >= 15 is 0 Å². The minimum absolute atomic E-state index is 0.0704. The highest BCUT2D eigenvalue weighted by Gasteiger charge is 2.28. The topological polar surface area (TPSA) is 214 Å². The molecule has 0 aliphatic rings. The molecule has 1 rings (SSSR count). The molecule has 4 amide bonds. The van der Waals surface area contributed by atoms with E-state index in [1.165, 1.54) is 19.1 Å². The van der Waals surface area contributed by atoms with Gasteiger partial charge in [-0.05, 0) is 37.5 Å². The lowest BCUT2D eigenvalue weighted by Gasteiger charge is -2.23. The molecular weight excluding hydrogens is 454 g/mol. The Morgan fingerprint density at radius 2 is 1.55 bits per heavy atom. The Kier molecular flexibility index (Phi) is 11.2. The van der Waals surface area contributed by atoms with E-state index in [-0.39, 0.29) is 30.8 Å². The van der Waals surface area contributed by atoms with Crippen molar-refractivity contribution in [2.45, 2.75) is 50.4 Å². The smallest absolute Gasteiger partial charge is 0.327 e. The highest BCUT2D eigenvalue weighted by Crippen LogP contribution is 2.11. The van der Waals surface area contributed by atoms with Crippen LogP contribution in [0.2, 0.25) is 0 Å². The molecule has 9 N–H and O–H groups in total. The molecule has 0 heterocycles. The first-order chi connectivity index (χ1) is 15.4. The second-order valence-electron chi connectivity index (χ2n) is 7.36. The lowest BCUT2D eigenvalue weighted by Crippen LogP contribution is -2.56. The molecule has 0 spiro atoms. The lowest BCUT2D eigenvalue weighted by atomic mass is 10.1. The molecule has 0 radical (unpaired) electrons. The molecule has 33 heavy (non-hydrogen) atoms. The van der Waals surface area contributed by atoms with E-state index in [0.717, 1.165) is 0 Å². The number of benzene rings is 1.